The second kappa shape index (κ2) is 8.74. The van der Waals surface area contributed by atoms with Crippen LogP contribution in [-0.2, 0) is 19.6 Å². The highest BCUT2D eigenvalue weighted by Crippen LogP contribution is 2.35. The van der Waals surface area contributed by atoms with E-state index in [-0.39, 0.29) is 16.9 Å². The number of anilines is 2. The van der Waals surface area contributed by atoms with E-state index in [9.17, 15) is 18.0 Å². The van der Waals surface area contributed by atoms with Gasteiger partial charge in [0.2, 0.25) is 5.91 Å². The smallest absolute Gasteiger partial charge is 0.338 e. The summed E-state index contributed by atoms with van der Waals surface area (Å²) in [6.07, 6.45) is 0.527. The van der Waals surface area contributed by atoms with Crippen molar-refractivity contribution >= 4 is 33.3 Å². The molecule has 0 saturated heterocycles. The molecule has 1 aliphatic rings. The van der Waals surface area contributed by atoms with Crippen molar-refractivity contribution < 1.29 is 27.5 Å². The van der Waals surface area contributed by atoms with Crippen LogP contribution in [0.3, 0.4) is 0 Å². The van der Waals surface area contributed by atoms with Crippen LogP contribution < -0.4 is 14.4 Å². The molecule has 0 bridgehead atoms. The Balaban J connectivity index is 1.82. The maximum atomic E-state index is 12.8. The Morgan fingerprint density at radius 2 is 1.90 bits per heavy atom. The van der Waals surface area contributed by atoms with Crippen molar-refractivity contribution in [1.29, 1.82) is 0 Å². The van der Waals surface area contributed by atoms with Gasteiger partial charge in [0.1, 0.15) is 11.9 Å². The largest absolute Gasteiger partial charge is 0.487 e. The third-order valence-electron chi connectivity index (χ3n) is 4.49. The van der Waals surface area contributed by atoms with Gasteiger partial charge in [0, 0.05) is 12.6 Å². The summed E-state index contributed by atoms with van der Waals surface area (Å²) in [7, 11) is -3.92. The Labute approximate surface area is 175 Å². The molecular formula is C21H24N2O6S. The first-order chi connectivity index (χ1) is 14.2. The molecule has 0 fully saturated rings. The van der Waals surface area contributed by atoms with Gasteiger partial charge in [0.15, 0.2) is 0 Å². The Hall–Kier alpha value is -3.07. The number of sulfonamides is 1. The van der Waals surface area contributed by atoms with Gasteiger partial charge in [-0.2, -0.15) is 0 Å². The molecule has 2 aromatic carbocycles. The predicted molar refractivity (Wildman–Crippen MR) is 112 cm³/mol. The molecule has 3 rings (SSSR count). The van der Waals surface area contributed by atoms with Crippen LogP contribution in [0, 0.1) is 0 Å². The summed E-state index contributed by atoms with van der Waals surface area (Å²) < 4.78 is 38.9. The fourth-order valence-corrected chi connectivity index (χ4v) is 4.13. The molecule has 1 aliphatic heterocycles. The van der Waals surface area contributed by atoms with Crippen LogP contribution in [0.25, 0.3) is 0 Å². The number of carbonyl (C=O) groups is 2. The van der Waals surface area contributed by atoms with Gasteiger partial charge < -0.3 is 14.4 Å². The Bertz CT molecular complexity index is 1050. The van der Waals surface area contributed by atoms with Gasteiger partial charge in [-0.1, -0.05) is 6.92 Å². The Morgan fingerprint density at radius 3 is 2.53 bits per heavy atom. The molecule has 1 atom stereocenters. The molecule has 0 radical (unpaired) electrons. The number of rotatable bonds is 6. The van der Waals surface area contributed by atoms with Crippen LogP contribution in [-0.4, -0.2) is 39.5 Å². The molecule has 0 saturated carbocycles. The van der Waals surface area contributed by atoms with E-state index in [2.05, 4.69) is 4.72 Å². The van der Waals surface area contributed by atoms with Gasteiger partial charge in [-0.15, -0.1) is 0 Å². The van der Waals surface area contributed by atoms with Gasteiger partial charge in [-0.3, -0.25) is 9.52 Å². The van der Waals surface area contributed by atoms with Crippen molar-refractivity contribution in [3.05, 3.63) is 48.0 Å². The molecule has 160 valence electrons. The second-order valence-electron chi connectivity index (χ2n) is 7.01. The van der Waals surface area contributed by atoms with Gasteiger partial charge in [-0.05, 0) is 55.8 Å². The third-order valence-corrected chi connectivity index (χ3v) is 5.87. The minimum atomic E-state index is -3.92. The number of nitrogens with one attached hydrogen (secondary N) is 1. The van der Waals surface area contributed by atoms with Crippen molar-refractivity contribution in [3.8, 4) is 5.75 Å². The minimum Gasteiger partial charge on any atom is -0.487 e. The molecular weight excluding hydrogens is 408 g/mol. The van der Waals surface area contributed by atoms with Gasteiger partial charge in [0.25, 0.3) is 10.0 Å². The van der Waals surface area contributed by atoms with Crippen LogP contribution in [0.4, 0.5) is 11.4 Å². The number of hydrogen-bond acceptors (Lipinski definition) is 6. The lowest BCUT2D eigenvalue weighted by molar-refractivity contribution is -0.117. The fourth-order valence-electron chi connectivity index (χ4n) is 3.05. The molecule has 1 heterocycles. The molecule has 0 spiro atoms. The van der Waals surface area contributed by atoms with Crippen molar-refractivity contribution in [3.63, 3.8) is 0 Å². The van der Waals surface area contributed by atoms with Crippen LogP contribution in [0.2, 0.25) is 0 Å². The molecule has 2 aromatic rings. The summed E-state index contributed by atoms with van der Waals surface area (Å²) in [6.45, 7) is 5.83. The number of carbonyl (C=O) groups excluding carboxylic acids is 2. The molecule has 30 heavy (non-hydrogen) atoms. The average Bonchev–Trinajstić information content (AvgIpc) is 2.71. The summed E-state index contributed by atoms with van der Waals surface area (Å²) in [6, 6.07) is 10.4. The zero-order chi connectivity index (χ0) is 21.9. The van der Waals surface area contributed by atoms with Crippen LogP contribution >= 0.6 is 0 Å². The van der Waals surface area contributed by atoms with Crippen LogP contribution in [0.1, 0.15) is 37.6 Å². The molecule has 1 N–H and O–H groups in total. The lowest BCUT2D eigenvalue weighted by atomic mass is 10.2. The molecule has 1 amide bonds. The van der Waals surface area contributed by atoms with E-state index in [1.165, 1.54) is 48.2 Å². The van der Waals surface area contributed by atoms with Crippen LogP contribution in [0.15, 0.2) is 47.4 Å². The van der Waals surface area contributed by atoms with E-state index in [0.717, 1.165) is 6.42 Å². The van der Waals surface area contributed by atoms with Crippen molar-refractivity contribution in [2.75, 3.05) is 22.8 Å². The minimum absolute atomic E-state index is 0.00270. The molecule has 8 nitrogen and oxygen atoms in total. The van der Waals surface area contributed by atoms with E-state index in [0.29, 0.717) is 35.8 Å². The van der Waals surface area contributed by atoms with Crippen molar-refractivity contribution in [2.24, 2.45) is 0 Å². The first-order valence-corrected chi connectivity index (χ1v) is 11.1. The summed E-state index contributed by atoms with van der Waals surface area (Å²) in [5.41, 5.74) is 1.05. The first kappa shape index (κ1) is 21.6. The van der Waals surface area contributed by atoms with Gasteiger partial charge in [0.05, 0.1) is 29.3 Å². The number of nitrogens with zero attached hydrogens (tertiary/aromatic N) is 1. The Morgan fingerprint density at radius 1 is 1.20 bits per heavy atom. The highest BCUT2D eigenvalue weighted by Gasteiger charge is 2.28. The maximum Gasteiger partial charge on any atom is 0.338 e. The van der Waals surface area contributed by atoms with Crippen LogP contribution in [0.5, 0.6) is 5.75 Å². The lowest BCUT2D eigenvalue weighted by Crippen LogP contribution is -2.41. The average molecular weight is 432 g/mol. The summed E-state index contributed by atoms with van der Waals surface area (Å²) in [4.78, 5) is 25.3. The number of hydrogen-bond donors (Lipinski definition) is 1. The normalized spacial score (nSPS) is 15.7. The molecule has 1 unspecified atom stereocenters. The molecule has 9 heteroatoms. The van der Waals surface area contributed by atoms with Gasteiger partial charge in [-0.25, -0.2) is 13.2 Å². The fraction of sp³-hybridized carbons (Fsp3) is 0.333. The summed E-state index contributed by atoms with van der Waals surface area (Å²) >= 11 is 0. The molecule has 0 aromatic heterocycles. The van der Waals surface area contributed by atoms with E-state index in [4.69, 9.17) is 9.47 Å². The number of amides is 1. The number of ether oxygens (including phenoxy) is 2. The number of benzene rings is 2. The van der Waals surface area contributed by atoms with E-state index in [1.54, 1.807) is 6.07 Å². The number of esters is 1. The van der Waals surface area contributed by atoms with Crippen molar-refractivity contribution in [1.82, 2.24) is 0 Å². The standard InChI is InChI=1S/C21H24N2O6S/c1-4-11-28-21(25)16-5-7-17(8-6-16)22-30(26,27)18-9-10-20-19(12-18)23(15(3)24)13-14(2)29-20/h5-10,12,14,22H,4,11,13H2,1-3H3. The zero-order valence-electron chi connectivity index (χ0n) is 17.0. The third kappa shape index (κ3) is 4.73. The monoisotopic (exact) mass is 432 g/mol. The zero-order valence-corrected chi connectivity index (χ0v) is 17.9. The maximum absolute atomic E-state index is 12.8. The molecule has 0 aliphatic carbocycles. The Kier molecular flexibility index (Phi) is 6.31. The van der Waals surface area contributed by atoms with E-state index < -0.39 is 16.0 Å². The lowest BCUT2D eigenvalue weighted by Gasteiger charge is -2.33. The first-order valence-electron chi connectivity index (χ1n) is 9.60. The predicted octanol–water partition coefficient (Wildman–Crippen LogP) is 3.19. The van der Waals surface area contributed by atoms with E-state index in [1.807, 2.05) is 13.8 Å². The number of fused-ring (bicyclic) bond motifs is 1. The second-order valence-corrected chi connectivity index (χ2v) is 8.69. The summed E-state index contributed by atoms with van der Waals surface area (Å²) in [5, 5.41) is 0. The van der Waals surface area contributed by atoms with Gasteiger partial charge >= 0.3 is 5.97 Å². The summed E-state index contributed by atoms with van der Waals surface area (Å²) in [5.74, 6) is -0.197. The highest BCUT2D eigenvalue weighted by atomic mass is 32.2. The van der Waals surface area contributed by atoms with E-state index >= 15 is 0 Å². The highest BCUT2D eigenvalue weighted by molar-refractivity contribution is 7.92. The van der Waals surface area contributed by atoms with Crippen molar-refractivity contribution in [2.45, 2.75) is 38.2 Å². The topological polar surface area (TPSA) is 102 Å². The quantitative estimate of drug-likeness (QED) is 0.704. The SMILES string of the molecule is CCCOC(=O)c1ccc(NS(=O)(=O)c2ccc3c(c2)N(C(C)=O)CC(C)O3)cc1.